The second-order valence-electron chi connectivity index (χ2n) is 8.09. The maximum absolute atomic E-state index is 12.7. The fourth-order valence-electron chi connectivity index (χ4n) is 3.45. The van der Waals surface area contributed by atoms with Crippen LogP contribution in [0.15, 0.2) is 12.7 Å². The van der Waals surface area contributed by atoms with Gasteiger partial charge < -0.3 is 14.0 Å². The molecule has 1 aliphatic rings. The number of hydrogen-bond donors (Lipinski definition) is 0. The number of Topliss-reactive ketones (excluding diaryl/α,β-unsaturated/α-hetero) is 1. The summed E-state index contributed by atoms with van der Waals surface area (Å²) >= 11 is 0. The van der Waals surface area contributed by atoms with Crippen LogP contribution in [-0.4, -0.2) is 51.1 Å². The molecule has 5 nitrogen and oxygen atoms in total. The third-order valence-corrected chi connectivity index (χ3v) is 5.59. The fraction of sp³-hybridized carbons (Fsp3) is 0.778. The number of likely N-dealkylation sites (tertiary alicyclic amines) is 1. The summed E-state index contributed by atoms with van der Waals surface area (Å²) in [6.07, 6.45) is 2.48. The van der Waals surface area contributed by atoms with Crippen LogP contribution in [0.4, 0.5) is 4.79 Å². The first-order valence-electron chi connectivity index (χ1n) is 8.70. The van der Waals surface area contributed by atoms with E-state index in [4.69, 9.17) is 9.16 Å². The van der Waals surface area contributed by atoms with Crippen LogP contribution in [0.2, 0.25) is 13.1 Å². The van der Waals surface area contributed by atoms with Crippen molar-refractivity contribution in [2.45, 2.75) is 59.2 Å². The van der Waals surface area contributed by atoms with Gasteiger partial charge in [-0.15, -0.1) is 0 Å². The number of rotatable bonds is 7. The molecule has 1 fully saturated rings. The highest BCUT2D eigenvalue weighted by Crippen LogP contribution is 2.47. The largest absolute Gasteiger partial charge is 0.445 e. The molecule has 1 rings (SSSR count). The Morgan fingerprint density at radius 1 is 1.38 bits per heavy atom. The molecule has 0 bridgehead atoms. The summed E-state index contributed by atoms with van der Waals surface area (Å²) in [4.78, 5) is 26.1. The van der Waals surface area contributed by atoms with E-state index in [0.717, 1.165) is 6.42 Å². The van der Waals surface area contributed by atoms with E-state index in [2.05, 4.69) is 40.4 Å². The number of nitrogens with zero attached hydrogens (tertiary/aromatic N) is 1. The van der Waals surface area contributed by atoms with Gasteiger partial charge in [-0.2, -0.15) is 0 Å². The van der Waals surface area contributed by atoms with Gasteiger partial charge in [-0.1, -0.05) is 33.4 Å². The van der Waals surface area contributed by atoms with Crippen molar-refractivity contribution in [1.29, 1.82) is 0 Å². The maximum Gasteiger partial charge on any atom is 0.410 e. The van der Waals surface area contributed by atoms with Crippen molar-refractivity contribution in [3.05, 3.63) is 12.7 Å². The summed E-state index contributed by atoms with van der Waals surface area (Å²) in [5.74, 6) is 0.304. The van der Waals surface area contributed by atoms with Crippen LogP contribution < -0.4 is 0 Å². The van der Waals surface area contributed by atoms with Gasteiger partial charge in [0.25, 0.3) is 0 Å². The summed E-state index contributed by atoms with van der Waals surface area (Å²) in [5, 5.41) is 0. The molecule has 6 heteroatoms. The molecule has 1 amide bonds. The van der Waals surface area contributed by atoms with Crippen molar-refractivity contribution >= 4 is 20.9 Å². The Hall–Kier alpha value is -1.14. The average Bonchev–Trinajstić information content (AvgIpc) is 2.81. The van der Waals surface area contributed by atoms with Crippen molar-refractivity contribution in [2.75, 3.05) is 19.8 Å². The highest BCUT2D eigenvalue weighted by atomic mass is 28.3. The van der Waals surface area contributed by atoms with Crippen molar-refractivity contribution < 1.29 is 18.8 Å². The smallest absolute Gasteiger partial charge is 0.410 e. The van der Waals surface area contributed by atoms with E-state index in [1.54, 1.807) is 17.9 Å². The Kier molecular flexibility index (Phi) is 7.22. The molecule has 138 valence electrons. The van der Waals surface area contributed by atoms with Crippen LogP contribution >= 0.6 is 0 Å². The molecule has 1 aliphatic heterocycles. The first-order chi connectivity index (χ1) is 11.0. The Balaban J connectivity index is 3.16. The van der Waals surface area contributed by atoms with Gasteiger partial charge in [0.05, 0.1) is 12.1 Å². The number of ether oxygens (including phenoxy) is 1. The minimum absolute atomic E-state index is 0.149. The Morgan fingerprint density at radius 3 is 2.46 bits per heavy atom. The molecule has 2 atom stereocenters. The van der Waals surface area contributed by atoms with Gasteiger partial charge in [0, 0.05) is 13.0 Å². The van der Waals surface area contributed by atoms with Gasteiger partial charge in [0.2, 0.25) is 0 Å². The lowest BCUT2D eigenvalue weighted by Gasteiger charge is -2.47. The molecule has 0 spiro atoms. The lowest BCUT2D eigenvalue weighted by Crippen LogP contribution is -2.59. The van der Waals surface area contributed by atoms with Crippen LogP contribution in [-0.2, 0) is 14.0 Å². The highest BCUT2D eigenvalue weighted by molar-refractivity contribution is 6.48. The first-order valence-corrected chi connectivity index (χ1v) is 11.5. The van der Waals surface area contributed by atoms with E-state index in [1.807, 2.05) is 0 Å². The molecular weight excluding hydrogens is 322 g/mol. The lowest BCUT2D eigenvalue weighted by atomic mass is 9.71. The van der Waals surface area contributed by atoms with Crippen LogP contribution in [0.5, 0.6) is 0 Å². The molecule has 0 aromatic carbocycles. The van der Waals surface area contributed by atoms with Gasteiger partial charge in [0.15, 0.2) is 9.04 Å². The third kappa shape index (κ3) is 4.93. The second-order valence-corrected chi connectivity index (χ2v) is 10.5. The molecule has 0 radical (unpaired) electrons. The standard InChI is InChI=1S/C18H33NO4Si/c1-8-9-22-16(21)19-12-15(10-14(2)20)11-18(19,17(3,4)5)13-23-24(6)7/h8,15,24H,1,9-13H2,2-7H3/t15-,18+/m0/s1. The summed E-state index contributed by atoms with van der Waals surface area (Å²) in [5.41, 5.74) is -0.641. The molecule has 0 aromatic heterocycles. The second kappa shape index (κ2) is 8.29. The molecule has 24 heavy (non-hydrogen) atoms. The summed E-state index contributed by atoms with van der Waals surface area (Å²) in [6.45, 7) is 17.1. The van der Waals surface area contributed by atoms with Gasteiger partial charge in [-0.05, 0) is 37.8 Å². The molecule has 0 aromatic rings. The minimum atomic E-state index is -1.23. The summed E-state index contributed by atoms with van der Waals surface area (Å²) < 4.78 is 11.4. The van der Waals surface area contributed by atoms with E-state index in [-0.39, 0.29) is 29.8 Å². The SMILES string of the molecule is C=CCOC(=O)N1C[C@@H](CC(C)=O)C[C@@]1(CO[SiH](C)C)C(C)(C)C. The van der Waals surface area contributed by atoms with E-state index in [1.165, 1.54) is 0 Å². The van der Waals surface area contributed by atoms with Crippen LogP contribution in [0.3, 0.4) is 0 Å². The number of carbonyl (C=O) groups excluding carboxylic acids is 2. The van der Waals surface area contributed by atoms with Crippen molar-refractivity contribution in [3.8, 4) is 0 Å². The van der Waals surface area contributed by atoms with Crippen LogP contribution in [0.1, 0.15) is 40.5 Å². The monoisotopic (exact) mass is 355 g/mol. The van der Waals surface area contributed by atoms with Crippen molar-refractivity contribution in [3.63, 3.8) is 0 Å². The van der Waals surface area contributed by atoms with Crippen molar-refractivity contribution in [2.24, 2.45) is 11.3 Å². The summed E-state index contributed by atoms with van der Waals surface area (Å²) in [6, 6.07) is 0. The van der Waals surface area contributed by atoms with E-state index < -0.39 is 14.6 Å². The molecule has 0 N–H and O–H groups in total. The molecule has 0 unspecified atom stereocenters. The normalized spacial score (nSPS) is 24.3. The zero-order valence-corrected chi connectivity index (χ0v) is 17.2. The van der Waals surface area contributed by atoms with E-state index in [0.29, 0.717) is 19.6 Å². The summed E-state index contributed by atoms with van der Waals surface area (Å²) in [7, 11) is -1.23. The molecular formula is C18H33NO4Si. The zero-order valence-electron chi connectivity index (χ0n) is 16.1. The average molecular weight is 356 g/mol. The molecule has 1 heterocycles. The van der Waals surface area contributed by atoms with Gasteiger partial charge in [-0.25, -0.2) is 4.79 Å². The topological polar surface area (TPSA) is 55.8 Å². The zero-order chi connectivity index (χ0) is 18.5. The third-order valence-electron chi connectivity index (χ3n) is 4.76. The molecule has 0 saturated carbocycles. The first kappa shape index (κ1) is 20.9. The predicted molar refractivity (Wildman–Crippen MR) is 98.7 cm³/mol. The Morgan fingerprint density at radius 2 is 2.00 bits per heavy atom. The predicted octanol–water partition coefficient (Wildman–Crippen LogP) is 3.39. The highest BCUT2D eigenvalue weighted by Gasteiger charge is 2.55. The van der Waals surface area contributed by atoms with Crippen molar-refractivity contribution in [1.82, 2.24) is 4.90 Å². The fourth-order valence-corrected chi connectivity index (χ4v) is 4.06. The number of carbonyl (C=O) groups is 2. The molecule has 1 saturated heterocycles. The Bertz CT molecular complexity index is 472. The van der Waals surface area contributed by atoms with Crippen LogP contribution in [0, 0.1) is 11.3 Å². The van der Waals surface area contributed by atoms with Gasteiger partial charge in [0.1, 0.15) is 12.4 Å². The van der Waals surface area contributed by atoms with Gasteiger partial charge in [-0.3, -0.25) is 4.90 Å². The van der Waals surface area contributed by atoms with E-state index in [9.17, 15) is 9.59 Å². The quantitative estimate of drug-likeness (QED) is 0.519. The lowest BCUT2D eigenvalue weighted by molar-refractivity contribution is -0.117. The minimum Gasteiger partial charge on any atom is -0.445 e. The Labute approximate surface area is 148 Å². The van der Waals surface area contributed by atoms with Gasteiger partial charge >= 0.3 is 6.09 Å². The number of ketones is 1. The number of hydrogen-bond acceptors (Lipinski definition) is 4. The van der Waals surface area contributed by atoms with E-state index >= 15 is 0 Å². The number of amides is 1. The molecule has 0 aliphatic carbocycles. The van der Waals surface area contributed by atoms with Crippen LogP contribution in [0.25, 0.3) is 0 Å². The maximum atomic E-state index is 12.7.